The average molecular weight is 228 g/mol. The van der Waals surface area contributed by atoms with Gasteiger partial charge in [-0.2, -0.15) is 0 Å². The molecule has 0 N–H and O–H groups in total. The van der Waals surface area contributed by atoms with Crippen LogP contribution in [0.4, 0.5) is 0 Å². The molecule has 0 aliphatic heterocycles. The lowest BCUT2D eigenvalue weighted by atomic mass is 9.67. The van der Waals surface area contributed by atoms with E-state index in [9.17, 15) is 0 Å². The van der Waals surface area contributed by atoms with Crippen LogP contribution in [0.1, 0.15) is 51.4 Å². The molecule has 17 heavy (non-hydrogen) atoms. The van der Waals surface area contributed by atoms with Crippen molar-refractivity contribution in [2.45, 2.75) is 51.4 Å². The lowest BCUT2D eigenvalue weighted by Crippen LogP contribution is -2.34. The Morgan fingerprint density at radius 1 is 0.529 bits per heavy atom. The maximum atomic E-state index is 1.68. The van der Waals surface area contributed by atoms with Gasteiger partial charge in [0.2, 0.25) is 0 Å². The highest BCUT2D eigenvalue weighted by atomic mass is 14.8. The first-order valence-corrected chi connectivity index (χ1v) is 8.39. The third-order valence-electron chi connectivity index (χ3n) is 8.77. The minimum Gasteiger partial charge on any atom is -0.0499 e. The smallest absolute Gasteiger partial charge is 0.0173 e. The van der Waals surface area contributed by atoms with E-state index in [4.69, 9.17) is 0 Å². The van der Waals surface area contributed by atoms with Gasteiger partial charge in [0.25, 0.3) is 0 Å². The molecule has 0 radical (unpaired) electrons. The monoisotopic (exact) mass is 228 g/mol. The Hall–Kier alpha value is 0. The first-order chi connectivity index (χ1) is 8.39. The van der Waals surface area contributed by atoms with Crippen molar-refractivity contribution in [1.82, 2.24) is 0 Å². The molecule has 0 aromatic rings. The first-order valence-electron chi connectivity index (χ1n) is 8.39. The summed E-state index contributed by atoms with van der Waals surface area (Å²) in [7, 11) is 0. The molecular weight excluding hydrogens is 204 g/mol. The highest BCUT2D eigenvalue weighted by Gasteiger charge is 2.76. The molecule has 6 aliphatic rings. The van der Waals surface area contributed by atoms with Crippen LogP contribution in [0.15, 0.2) is 0 Å². The van der Waals surface area contributed by atoms with E-state index in [1.165, 1.54) is 47.3 Å². The van der Waals surface area contributed by atoms with Crippen LogP contribution in [-0.2, 0) is 0 Å². The quantitative estimate of drug-likeness (QED) is 0.585. The highest BCUT2D eigenvalue weighted by Crippen LogP contribution is 2.83. The molecule has 0 bridgehead atoms. The molecule has 0 aromatic heterocycles. The largest absolute Gasteiger partial charge is 0.0499 e. The van der Waals surface area contributed by atoms with Gasteiger partial charge < -0.3 is 0 Å². The van der Waals surface area contributed by atoms with Gasteiger partial charge in [0.05, 0.1) is 0 Å². The van der Waals surface area contributed by atoms with E-state index in [0.29, 0.717) is 0 Å². The minimum atomic E-state index is 0.956. The Balaban J connectivity index is 1.60. The maximum Gasteiger partial charge on any atom is -0.0173 e. The van der Waals surface area contributed by atoms with Crippen molar-refractivity contribution >= 4 is 0 Å². The van der Waals surface area contributed by atoms with Crippen molar-refractivity contribution in [2.75, 3.05) is 0 Å². The van der Waals surface area contributed by atoms with Crippen molar-refractivity contribution < 1.29 is 0 Å². The van der Waals surface area contributed by atoms with Crippen molar-refractivity contribution in [1.29, 1.82) is 0 Å². The van der Waals surface area contributed by atoms with Gasteiger partial charge in [0.15, 0.2) is 0 Å². The van der Waals surface area contributed by atoms with Crippen molar-refractivity contribution in [3.63, 3.8) is 0 Å². The average Bonchev–Trinajstić information content (AvgIpc) is 2.97. The van der Waals surface area contributed by atoms with Crippen molar-refractivity contribution in [2.24, 2.45) is 52.8 Å². The zero-order chi connectivity index (χ0) is 10.8. The van der Waals surface area contributed by atoms with Gasteiger partial charge >= 0.3 is 0 Å². The van der Waals surface area contributed by atoms with Gasteiger partial charge in [-0.3, -0.25) is 0 Å². The van der Waals surface area contributed by atoms with Gasteiger partial charge in [0.1, 0.15) is 0 Å². The van der Waals surface area contributed by atoms with Crippen LogP contribution in [0, 0.1) is 52.8 Å². The second kappa shape index (κ2) is 2.49. The van der Waals surface area contributed by atoms with E-state index in [1.54, 1.807) is 51.4 Å². The van der Waals surface area contributed by atoms with Crippen LogP contribution in [0.3, 0.4) is 0 Å². The third kappa shape index (κ3) is 0.720. The minimum absolute atomic E-state index is 0.956. The SMILES string of the molecule is C1CC2CC3CC4CCC5CC6CC1C2C63C54. The van der Waals surface area contributed by atoms with E-state index < -0.39 is 0 Å². The van der Waals surface area contributed by atoms with Gasteiger partial charge in [-0.15, -0.1) is 0 Å². The Bertz CT molecular complexity index is 331. The first kappa shape index (κ1) is 8.99. The second-order valence-corrected chi connectivity index (χ2v) is 8.58. The summed E-state index contributed by atoms with van der Waals surface area (Å²) in [6, 6.07) is 0. The molecule has 0 nitrogen and oxygen atoms in total. The Kier molecular flexibility index (Phi) is 1.32. The van der Waals surface area contributed by atoms with E-state index in [1.807, 2.05) is 0 Å². The fourth-order valence-corrected chi connectivity index (χ4v) is 9.15. The summed E-state index contributed by atoms with van der Waals surface area (Å²) in [6.45, 7) is 0. The topological polar surface area (TPSA) is 0 Å². The fraction of sp³-hybridized carbons (Fsp3) is 1.00. The van der Waals surface area contributed by atoms with E-state index >= 15 is 0 Å². The van der Waals surface area contributed by atoms with Crippen LogP contribution in [-0.4, -0.2) is 0 Å². The molecule has 0 heteroatoms. The van der Waals surface area contributed by atoms with Crippen LogP contribution in [0.5, 0.6) is 0 Å². The molecule has 0 aromatic carbocycles. The zero-order valence-corrected chi connectivity index (χ0v) is 10.8. The van der Waals surface area contributed by atoms with Gasteiger partial charge in [-0.25, -0.2) is 0 Å². The number of hydrogen-bond donors (Lipinski definition) is 0. The molecule has 0 amide bonds. The van der Waals surface area contributed by atoms with Gasteiger partial charge in [-0.1, -0.05) is 0 Å². The summed E-state index contributed by atoms with van der Waals surface area (Å²) in [5, 5.41) is 0. The Labute approximate surface area is 105 Å². The molecule has 1 spiro atoms. The normalized spacial score (nSPS) is 73.4. The van der Waals surface area contributed by atoms with Crippen LogP contribution >= 0.6 is 0 Å². The van der Waals surface area contributed by atoms with Crippen LogP contribution < -0.4 is 0 Å². The lowest BCUT2D eigenvalue weighted by Gasteiger charge is -2.37. The predicted molar refractivity (Wildman–Crippen MR) is 67.3 cm³/mol. The molecular formula is C17H24. The molecule has 4 atom stereocenters. The fourth-order valence-electron chi connectivity index (χ4n) is 9.15. The summed E-state index contributed by atoms with van der Waals surface area (Å²) in [5.74, 6) is 9.74. The zero-order valence-electron chi connectivity index (χ0n) is 10.8. The molecule has 0 heterocycles. The van der Waals surface area contributed by atoms with Crippen molar-refractivity contribution in [3.05, 3.63) is 0 Å². The Morgan fingerprint density at radius 3 is 1.24 bits per heavy atom. The third-order valence-corrected chi connectivity index (χ3v) is 8.77. The summed E-state index contributed by atoms with van der Waals surface area (Å²) >= 11 is 0. The van der Waals surface area contributed by atoms with Crippen molar-refractivity contribution in [3.8, 4) is 0 Å². The van der Waals surface area contributed by atoms with Crippen LogP contribution in [0.2, 0.25) is 0 Å². The Morgan fingerprint density at radius 2 is 0.882 bits per heavy atom. The molecule has 92 valence electrons. The summed E-state index contributed by atoms with van der Waals surface area (Å²) in [5.41, 5.74) is 0.956. The molecule has 6 fully saturated rings. The summed E-state index contributed by atoms with van der Waals surface area (Å²) in [4.78, 5) is 0. The highest BCUT2D eigenvalue weighted by molar-refractivity contribution is 5.25. The van der Waals surface area contributed by atoms with Gasteiger partial charge in [-0.05, 0) is 104 Å². The second-order valence-electron chi connectivity index (χ2n) is 8.58. The number of rotatable bonds is 0. The molecule has 0 saturated heterocycles. The predicted octanol–water partition coefficient (Wildman–Crippen LogP) is 4.10. The number of hydrogen-bond acceptors (Lipinski definition) is 0. The van der Waals surface area contributed by atoms with E-state index in [-0.39, 0.29) is 0 Å². The molecule has 6 aliphatic carbocycles. The summed E-state index contributed by atoms with van der Waals surface area (Å²) < 4.78 is 0. The maximum absolute atomic E-state index is 1.68. The molecule has 6 saturated carbocycles. The lowest BCUT2D eigenvalue weighted by molar-refractivity contribution is 0.0912. The standard InChI is InChI=1S/C17H24/c1-2-10-6-14-8-12-4-3-11-7-13-5-9(1)15(10)17(13,14)16(11)12/h9-16H,1-8H2. The summed E-state index contributed by atoms with van der Waals surface area (Å²) in [6.07, 6.45) is 13.2. The molecule has 6 rings (SSSR count). The van der Waals surface area contributed by atoms with Gasteiger partial charge in [0, 0.05) is 0 Å². The molecule has 4 unspecified atom stereocenters. The van der Waals surface area contributed by atoms with E-state index in [0.717, 1.165) is 5.41 Å². The van der Waals surface area contributed by atoms with Crippen LogP contribution in [0.25, 0.3) is 0 Å². The van der Waals surface area contributed by atoms with E-state index in [2.05, 4.69) is 0 Å².